The van der Waals surface area contributed by atoms with Crippen LogP contribution in [0.3, 0.4) is 0 Å². The summed E-state index contributed by atoms with van der Waals surface area (Å²) in [5.41, 5.74) is 0. The van der Waals surface area contributed by atoms with Crippen molar-refractivity contribution < 1.29 is 42.1 Å². The quantitative estimate of drug-likeness (QED) is 0.0195. The van der Waals surface area contributed by atoms with Crippen molar-refractivity contribution in [3.8, 4) is 0 Å². The molecule has 2 atom stereocenters. The van der Waals surface area contributed by atoms with Gasteiger partial charge in [0.15, 0.2) is 6.10 Å². The molecule has 64 heavy (non-hydrogen) atoms. The van der Waals surface area contributed by atoms with Gasteiger partial charge in [-0.1, -0.05) is 184 Å². The first kappa shape index (κ1) is 61.7. The van der Waals surface area contributed by atoms with Gasteiger partial charge in [0.1, 0.15) is 19.8 Å². The van der Waals surface area contributed by atoms with E-state index in [9.17, 15) is 19.0 Å². The fraction of sp³-hybridized carbons (Fsp3) is 0.778. The van der Waals surface area contributed by atoms with Crippen LogP contribution in [-0.2, 0) is 32.7 Å². The van der Waals surface area contributed by atoms with E-state index >= 15 is 0 Å². The van der Waals surface area contributed by atoms with E-state index in [0.717, 1.165) is 64.2 Å². The van der Waals surface area contributed by atoms with Gasteiger partial charge >= 0.3 is 11.9 Å². The summed E-state index contributed by atoms with van der Waals surface area (Å²) in [6.45, 7) is 4.15. The van der Waals surface area contributed by atoms with Crippen molar-refractivity contribution in [2.75, 3.05) is 47.5 Å². The van der Waals surface area contributed by atoms with Gasteiger partial charge in [0.2, 0.25) is 0 Å². The van der Waals surface area contributed by atoms with Crippen molar-refractivity contribution in [3.63, 3.8) is 0 Å². The number of rotatable bonds is 47. The molecule has 0 N–H and O–H groups in total. The van der Waals surface area contributed by atoms with Gasteiger partial charge in [0.25, 0.3) is 7.82 Å². The van der Waals surface area contributed by atoms with Crippen molar-refractivity contribution in [3.05, 3.63) is 60.8 Å². The molecule has 0 bridgehead atoms. The number of carbonyl (C=O) groups is 2. The van der Waals surface area contributed by atoms with E-state index in [4.69, 9.17) is 18.5 Å². The SMILES string of the molecule is CCCCC/C=C/C/C=C/C/C=C/CCCCCCC(=O)OC[C@H](COP(=O)([O-])OCC[N+](C)(C)C)OC(=O)CCC/C=C/CC/C=C/CCCCCCCCCCCCCCCC. The van der Waals surface area contributed by atoms with Gasteiger partial charge in [-0.15, -0.1) is 0 Å². The van der Waals surface area contributed by atoms with Crippen LogP contribution in [0, 0.1) is 0 Å². The van der Waals surface area contributed by atoms with Crippen LogP contribution < -0.4 is 4.89 Å². The lowest BCUT2D eigenvalue weighted by Gasteiger charge is -2.28. The number of esters is 2. The van der Waals surface area contributed by atoms with Crippen molar-refractivity contribution >= 4 is 19.8 Å². The normalized spacial score (nSPS) is 13.9. The molecular formula is C54H98NO8P. The Hall–Kier alpha value is -2.29. The summed E-state index contributed by atoms with van der Waals surface area (Å²) in [6.07, 6.45) is 57.0. The Bertz CT molecular complexity index is 1270. The highest BCUT2D eigenvalue weighted by molar-refractivity contribution is 7.45. The van der Waals surface area contributed by atoms with Gasteiger partial charge in [-0.2, -0.15) is 0 Å². The number of phosphoric acid groups is 1. The van der Waals surface area contributed by atoms with Crippen LogP contribution in [0.5, 0.6) is 0 Å². The zero-order valence-corrected chi connectivity index (χ0v) is 42.9. The second-order valence-corrected chi connectivity index (χ2v) is 19.9. The van der Waals surface area contributed by atoms with E-state index in [0.29, 0.717) is 23.9 Å². The van der Waals surface area contributed by atoms with E-state index < -0.39 is 32.5 Å². The molecule has 0 aliphatic rings. The highest BCUT2D eigenvalue weighted by atomic mass is 31.2. The number of allylic oxidation sites excluding steroid dienone is 10. The van der Waals surface area contributed by atoms with Crippen LogP contribution in [0.2, 0.25) is 0 Å². The Morgan fingerprint density at radius 2 is 0.875 bits per heavy atom. The molecule has 0 amide bonds. The van der Waals surface area contributed by atoms with Crippen molar-refractivity contribution in [2.45, 2.75) is 225 Å². The smallest absolute Gasteiger partial charge is 0.306 e. The number of quaternary nitrogens is 1. The lowest BCUT2D eigenvalue weighted by Crippen LogP contribution is -2.37. The summed E-state index contributed by atoms with van der Waals surface area (Å²) >= 11 is 0. The Morgan fingerprint density at radius 3 is 1.39 bits per heavy atom. The first-order valence-electron chi connectivity index (χ1n) is 26.0. The summed E-state index contributed by atoms with van der Waals surface area (Å²) < 4.78 is 34.0. The van der Waals surface area contributed by atoms with E-state index in [1.165, 1.54) is 116 Å². The van der Waals surface area contributed by atoms with Crippen molar-refractivity contribution in [2.24, 2.45) is 0 Å². The lowest BCUT2D eigenvalue weighted by molar-refractivity contribution is -0.870. The van der Waals surface area contributed by atoms with E-state index in [1.54, 1.807) is 0 Å². The third kappa shape index (κ3) is 49.2. The number of ether oxygens (including phenoxy) is 2. The number of unbranched alkanes of at least 4 members (excludes halogenated alkanes) is 23. The summed E-state index contributed by atoms with van der Waals surface area (Å²) in [5.74, 6) is -0.908. The molecular weight excluding hydrogens is 822 g/mol. The molecule has 9 nitrogen and oxygen atoms in total. The summed E-state index contributed by atoms with van der Waals surface area (Å²) in [6, 6.07) is 0. The molecule has 10 heteroatoms. The van der Waals surface area contributed by atoms with Crippen LogP contribution >= 0.6 is 7.82 Å². The molecule has 0 aliphatic heterocycles. The molecule has 0 radical (unpaired) electrons. The fourth-order valence-corrected chi connectivity index (χ4v) is 7.65. The maximum Gasteiger partial charge on any atom is 0.306 e. The lowest BCUT2D eigenvalue weighted by atomic mass is 10.0. The molecule has 0 fully saturated rings. The largest absolute Gasteiger partial charge is 0.756 e. The standard InChI is InChI=1S/C54H98NO8P/c1-6-8-10-12-14-16-18-20-22-24-25-26-27-28-29-31-33-35-37-39-41-43-45-47-54(57)63-52(51-62-64(58,59)61-49-48-55(3,4)5)50-60-53(56)46-44-42-40-38-36-34-32-30-23-21-19-17-15-13-11-9-7-2/h15,17,21,23,31-34,39,41,52H,6-14,16,18-20,22,24-30,35-38,40,42-51H2,1-5H3/b17-15+,23-21+,33-31+,34-32+,41-39+/t52-/m1/s1. The Morgan fingerprint density at radius 1 is 0.484 bits per heavy atom. The van der Waals surface area contributed by atoms with E-state index in [1.807, 2.05) is 21.1 Å². The number of carbonyl (C=O) groups excluding carboxylic acids is 2. The minimum Gasteiger partial charge on any atom is -0.756 e. The summed E-state index contributed by atoms with van der Waals surface area (Å²) in [5, 5.41) is 0. The van der Waals surface area contributed by atoms with Gasteiger partial charge < -0.3 is 27.9 Å². The fourth-order valence-electron chi connectivity index (χ4n) is 6.92. The maximum atomic E-state index is 12.7. The van der Waals surface area contributed by atoms with Gasteiger partial charge in [-0.05, 0) is 83.5 Å². The minimum atomic E-state index is -4.65. The molecule has 0 aromatic heterocycles. The molecule has 0 aliphatic carbocycles. The Balaban J connectivity index is 4.33. The number of hydrogen-bond acceptors (Lipinski definition) is 8. The molecule has 0 rings (SSSR count). The van der Waals surface area contributed by atoms with Gasteiger partial charge in [0.05, 0.1) is 27.7 Å². The predicted octanol–water partition coefficient (Wildman–Crippen LogP) is 15.0. The third-order valence-corrected chi connectivity index (χ3v) is 12.0. The second-order valence-electron chi connectivity index (χ2n) is 18.5. The number of hydrogen-bond donors (Lipinski definition) is 0. The Labute approximate surface area is 394 Å². The highest BCUT2D eigenvalue weighted by Gasteiger charge is 2.21. The monoisotopic (exact) mass is 920 g/mol. The van der Waals surface area contributed by atoms with Gasteiger partial charge in [-0.3, -0.25) is 14.2 Å². The zero-order chi connectivity index (χ0) is 47.1. The molecule has 0 aromatic carbocycles. The van der Waals surface area contributed by atoms with Crippen LogP contribution in [0.1, 0.15) is 219 Å². The van der Waals surface area contributed by atoms with Crippen LogP contribution in [0.4, 0.5) is 0 Å². The molecule has 372 valence electrons. The highest BCUT2D eigenvalue weighted by Crippen LogP contribution is 2.38. The van der Waals surface area contributed by atoms with Crippen molar-refractivity contribution in [1.82, 2.24) is 0 Å². The third-order valence-electron chi connectivity index (χ3n) is 11.0. The van der Waals surface area contributed by atoms with Crippen LogP contribution in [-0.4, -0.2) is 70.0 Å². The molecule has 0 spiro atoms. The molecule has 0 saturated heterocycles. The minimum absolute atomic E-state index is 0.0436. The average molecular weight is 920 g/mol. The number of likely N-dealkylation sites (N-methyl/N-ethyl adjacent to an activating group) is 1. The molecule has 0 heterocycles. The summed E-state index contributed by atoms with van der Waals surface area (Å²) in [4.78, 5) is 37.7. The topological polar surface area (TPSA) is 111 Å². The van der Waals surface area contributed by atoms with Crippen LogP contribution in [0.25, 0.3) is 0 Å². The van der Waals surface area contributed by atoms with Crippen molar-refractivity contribution in [1.29, 1.82) is 0 Å². The van der Waals surface area contributed by atoms with Gasteiger partial charge in [0, 0.05) is 12.8 Å². The Kier molecular flexibility index (Phi) is 44.2. The maximum absolute atomic E-state index is 12.7. The first-order valence-corrected chi connectivity index (χ1v) is 27.5. The predicted molar refractivity (Wildman–Crippen MR) is 268 cm³/mol. The van der Waals surface area contributed by atoms with Gasteiger partial charge in [-0.25, -0.2) is 0 Å². The molecule has 0 aromatic rings. The average Bonchev–Trinajstić information content (AvgIpc) is 3.25. The van der Waals surface area contributed by atoms with E-state index in [2.05, 4.69) is 74.6 Å². The first-order chi connectivity index (χ1) is 31.0. The van der Waals surface area contributed by atoms with Crippen LogP contribution in [0.15, 0.2) is 60.8 Å². The number of nitrogens with zero attached hydrogens (tertiary/aromatic N) is 1. The molecule has 1 unspecified atom stereocenters. The molecule has 0 saturated carbocycles. The number of phosphoric ester groups is 1. The second kappa shape index (κ2) is 45.8. The summed E-state index contributed by atoms with van der Waals surface area (Å²) in [7, 11) is 1.13. The van der Waals surface area contributed by atoms with E-state index in [-0.39, 0.29) is 26.1 Å². The zero-order valence-electron chi connectivity index (χ0n) is 42.0.